The molecule has 57 heavy (non-hydrogen) atoms. The van der Waals surface area contributed by atoms with Crippen molar-refractivity contribution in [2.75, 3.05) is 26.3 Å². The molecule has 5 aliphatic rings. The Labute approximate surface area is 336 Å². The molecule has 1 amide bonds. The zero-order valence-corrected chi connectivity index (χ0v) is 33.2. The van der Waals surface area contributed by atoms with Crippen molar-refractivity contribution in [3.8, 4) is 39.5 Å². The lowest BCUT2D eigenvalue weighted by Crippen LogP contribution is -2.33. The summed E-state index contributed by atoms with van der Waals surface area (Å²) in [6.07, 6.45) is 11.5. The number of imidazole rings is 1. The second-order valence-electron chi connectivity index (χ2n) is 16.8. The minimum absolute atomic E-state index is 0.0456. The minimum atomic E-state index is -0.429. The average Bonchev–Trinajstić information content (AvgIpc) is 3.94. The summed E-state index contributed by atoms with van der Waals surface area (Å²) in [6, 6.07) is 19.1. The van der Waals surface area contributed by atoms with Crippen LogP contribution in [0.25, 0.3) is 44.7 Å². The van der Waals surface area contributed by atoms with Crippen LogP contribution >= 0.6 is 11.3 Å². The summed E-state index contributed by atoms with van der Waals surface area (Å²) in [6.45, 7) is 5.46. The number of ether oxygens (including phenoxy) is 2. The standard InChI is InChI=1S/C46H49FN6O3S/c1-2-27-22-34(50-44(27)33-5-3-15-48-33)30-21-32(47)43-38-23-31-20-29(9-10-36(31)53(38)46(56-39(43)24-30)41-12-11-40(57-41)28-7-8-28)35-25-49-45(51-35)37-6-4-16-52(37)42(54)19-26-13-17-55-18-14-26/h9-12,20-26,28,33,37,46,48,50H,2-8,13-19H2,1H3,(H,49,51). The number of rotatable bonds is 9. The maximum absolute atomic E-state index is 16.7. The molecule has 0 bridgehead atoms. The Hall–Kier alpha value is -4.71. The zero-order chi connectivity index (χ0) is 38.2. The third-order valence-electron chi connectivity index (χ3n) is 13.1. The number of carbonyl (C=O) groups is 1. The van der Waals surface area contributed by atoms with Gasteiger partial charge >= 0.3 is 0 Å². The molecule has 0 spiro atoms. The first-order chi connectivity index (χ1) is 28.0. The second-order valence-corrected chi connectivity index (χ2v) is 17.9. The molecular weight excluding hydrogens is 736 g/mol. The highest BCUT2D eigenvalue weighted by atomic mass is 32.1. The fourth-order valence-corrected chi connectivity index (χ4v) is 11.1. The topological polar surface area (TPSA) is 100 Å². The van der Waals surface area contributed by atoms with Crippen LogP contribution in [0.3, 0.4) is 0 Å². The van der Waals surface area contributed by atoms with E-state index >= 15 is 4.39 Å². The van der Waals surface area contributed by atoms with Crippen LogP contribution in [0.1, 0.15) is 116 Å². The molecule has 11 heteroatoms. The minimum Gasteiger partial charge on any atom is -0.464 e. The van der Waals surface area contributed by atoms with Crippen molar-refractivity contribution in [2.24, 2.45) is 5.92 Å². The van der Waals surface area contributed by atoms with Crippen molar-refractivity contribution in [3.05, 3.63) is 93.4 Å². The Morgan fingerprint density at radius 3 is 2.63 bits per heavy atom. The number of aromatic amines is 2. The molecule has 4 aliphatic heterocycles. The molecule has 1 saturated carbocycles. The number of aryl methyl sites for hydroxylation is 1. The smallest absolute Gasteiger partial charge is 0.223 e. The fourth-order valence-electron chi connectivity index (χ4n) is 9.89. The Kier molecular flexibility index (Phi) is 8.89. The quantitative estimate of drug-likeness (QED) is 0.136. The summed E-state index contributed by atoms with van der Waals surface area (Å²) >= 11 is 1.81. The molecular formula is C46H49FN6O3S. The first kappa shape index (κ1) is 35.5. The molecule has 3 saturated heterocycles. The predicted molar refractivity (Wildman–Crippen MR) is 221 cm³/mol. The van der Waals surface area contributed by atoms with Crippen LogP contribution in [0.5, 0.6) is 5.75 Å². The number of amides is 1. The fraction of sp³-hybridized carbons (Fsp3) is 0.435. The number of halogens is 1. The summed E-state index contributed by atoms with van der Waals surface area (Å²) in [7, 11) is 0. The van der Waals surface area contributed by atoms with E-state index in [4.69, 9.17) is 14.5 Å². The van der Waals surface area contributed by atoms with Crippen LogP contribution in [0, 0.1) is 11.7 Å². The highest BCUT2D eigenvalue weighted by molar-refractivity contribution is 7.12. The van der Waals surface area contributed by atoms with Gasteiger partial charge in [0.1, 0.15) is 17.4 Å². The summed E-state index contributed by atoms with van der Waals surface area (Å²) in [5, 5.41) is 4.63. The molecule has 4 fully saturated rings. The van der Waals surface area contributed by atoms with Gasteiger partial charge in [0, 0.05) is 65.0 Å². The van der Waals surface area contributed by atoms with Crippen LogP contribution in [0.2, 0.25) is 0 Å². The number of fused-ring (bicyclic) bond motifs is 5. The first-order valence-corrected chi connectivity index (χ1v) is 21.9. The Morgan fingerprint density at radius 2 is 1.81 bits per heavy atom. The van der Waals surface area contributed by atoms with Crippen molar-refractivity contribution in [2.45, 2.75) is 95.4 Å². The zero-order valence-electron chi connectivity index (χ0n) is 32.4. The Bertz CT molecular complexity index is 2480. The summed E-state index contributed by atoms with van der Waals surface area (Å²) in [5.41, 5.74) is 8.38. The number of likely N-dealkylation sites (tertiary alicyclic amines) is 1. The van der Waals surface area contributed by atoms with Gasteiger partial charge in [-0.1, -0.05) is 13.0 Å². The van der Waals surface area contributed by atoms with Crippen LogP contribution in [0.4, 0.5) is 4.39 Å². The molecule has 11 rings (SSSR count). The molecule has 0 radical (unpaired) electrons. The van der Waals surface area contributed by atoms with E-state index in [1.165, 1.54) is 29.0 Å². The van der Waals surface area contributed by atoms with Gasteiger partial charge in [-0.15, -0.1) is 11.3 Å². The molecule has 8 heterocycles. The van der Waals surface area contributed by atoms with E-state index < -0.39 is 6.23 Å². The number of thiophene rings is 1. The summed E-state index contributed by atoms with van der Waals surface area (Å²) < 4.78 is 31.4. The van der Waals surface area contributed by atoms with Gasteiger partial charge in [-0.05, 0) is 130 Å². The van der Waals surface area contributed by atoms with Crippen molar-refractivity contribution >= 4 is 28.1 Å². The van der Waals surface area contributed by atoms with Gasteiger partial charge in [-0.2, -0.15) is 0 Å². The molecule has 6 aromatic rings. The van der Waals surface area contributed by atoms with Crippen LogP contribution in [0.15, 0.2) is 60.8 Å². The van der Waals surface area contributed by atoms with Gasteiger partial charge in [-0.25, -0.2) is 9.37 Å². The molecule has 2 aromatic carbocycles. The number of aromatic nitrogens is 4. The summed E-state index contributed by atoms with van der Waals surface area (Å²) in [5.74, 6) is 2.35. The van der Waals surface area contributed by atoms with Gasteiger partial charge in [0.2, 0.25) is 12.1 Å². The van der Waals surface area contributed by atoms with E-state index in [9.17, 15) is 4.79 Å². The average molecular weight is 785 g/mol. The predicted octanol–water partition coefficient (Wildman–Crippen LogP) is 10.2. The number of hydrogen-bond acceptors (Lipinski definition) is 6. The highest BCUT2D eigenvalue weighted by Gasteiger charge is 2.36. The monoisotopic (exact) mass is 784 g/mol. The van der Waals surface area contributed by atoms with Crippen molar-refractivity contribution in [1.29, 1.82) is 0 Å². The van der Waals surface area contributed by atoms with E-state index in [2.05, 4.69) is 69.2 Å². The Balaban J connectivity index is 0.945. The van der Waals surface area contributed by atoms with Crippen LogP contribution in [-0.2, 0) is 16.0 Å². The molecule has 9 nitrogen and oxygen atoms in total. The van der Waals surface area contributed by atoms with Crippen LogP contribution < -0.4 is 10.1 Å². The third-order valence-corrected chi connectivity index (χ3v) is 14.4. The maximum Gasteiger partial charge on any atom is 0.223 e. The van der Waals surface area contributed by atoms with Gasteiger partial charge in [0.25, 0.3) is 0 Å². The molecule has 3 unspecified atom stereocenters. The lowest BCUT2D eigenvalue weighted by Gasteiger charge is -2.30. The maximum atomic E-state index is 16.7. The summed E-state index contributed by atoms with van der Waals surface area (Å²) in [4.78, 5) is 30.1. The largest absolute Gasteiger partial charge is 0.464 e. The first-order valence-electron chi connectivity index (χ1n) is 21.1. The SMILES string of the molecule is CCc1cc(-c2cc(F)c3c(c2)OC(c2ccc(C4CC4)s2)n2c-3cc3cc(-c4cnc(C5CCCN5C(=O)CC5CCOCC5)[nH]4)ccc32)[nH]c1C1CCCN1. The lowest BCUT2D eigenvalue weighted by molar-refractivity contribution is -0.134. The normalized spacial score (nSPS) is 22.3. The van der Waals surface area contributed by atoms with Gasteiger partial charge in [-0.3, -0.25) is 9.36 Å². The third kappa shape index (κ3) is 6.33. The van der Waals surface area contributed by atoms with Crippen LogP contribution in [-0.4, -0.2) is 56.6 Å². The van der Waals surface area contributed by atoms with E-state index in [1.807, 2.05) is 28.5 Å². The number of hydrogen-bond donors (Lipinski definition) is 3. The van der Waals surface area contributed by atoms with Crippen molar-refractivity contribution in [1.82, 2.24) is 29.7 Å². The lowest BCUT2D eigenvalue weighted by atomic mass is 9.96. The Morgan fingerprint density at radius 1 is 0.930 bits per heavy atom. The molecule has 294 valence electrons. The van der Waals surface area contributed by atoms with Gasteiger partial charge in [0.15, 0.2) is 0 Å². The number of nitrogens with one attached hydrogen (secondary N) is 3. The molecule has 3 atom stereocenters. The number of benzene rings is 2. The van der Waals surface area contributed by atoms with E-state index in [0.29, 0.717) is 35.6 Å². The van der Waals surface area contributed by atoms with Crippen molar-refractivity contribution in [3.63, 3.8) is 0 Å². The van der Waals surface area contributed by atoms with E-state index in [0.717, 1.165) is 121 Å². The second kappa shape index (κ2) is 14.3. The number of H-pyrrole nitrogens is 2. The molecule has 1 aliphatic carbocycles. The molecule has 4 aromatic heterocycles. The number of nitrogens with zero attached hydrogens (tertiary/aromatic N) is 3. The van der Waals surface area contributed by atoms with E-state index in [1.54, 1.807) is 6.07 Å². The van der Waals surface area contributed by atoms with Crippen molar-refractivity contribution < 1.29 is 18.7 Å². The highest BCUT2D eigenvalue weighted by Crippen LogP contribution is 2.50. The number of carbonyl (C=O) groups excluding carboxylic acids is 1. The van der Waals surface area contributed by atoms with Gasteiger partial charge < -0.3 is 29.7 Å². The molecule has 3 N–H and O–H groups in total. The van der Waals surface area contributed by atoms with E-state index in [-0.39, 0.29) is 17.8 Å². The van der Waals surface area contributed by atoms with Gasteiger partial charge in [0.05, 0.1) is 39.6 Å².